The lowest BCUT2D eigenvalue weighted by Crippen LogP contribution is -2.26. The first kappa shape index (κ1) is 15.5. The SMILES string of the molecule is CCCCN=C(Cl)N(CC)CC.Cl. The molecule has 80 valence electrons. The van der Waals surface area contributed by atoms with E-state index in [2.05, 4.69) is 30.7 Å². The molecule has 13 heavy (non-hydrogen) atoms. The fraction of sp³-hybridized carbons (Fsp3) is 0.889. The van der Waals surface area contributed by atoms with Crippen LogP contribution in [0, 0.1) is 0 Å². The molecule has 0 saturated carbocycles. The van der Waals surface area contributed by atoms with Crippen molar-refractivity contribution in [2.75, 3.05) is 19.6 Å². The topological polar surface area (TPSA) is 15.6 Å². The van der Waals surface area contributed by atoms with E-state index in [1.807, 2.05) is 0 Å². The second kappa shape index (κ2) is 10.1. The molecule has 0 N–H and O–H groups in total. The van der Waals surface area contributed by atoms with E-state index in [9.17, 15) is 0 Å². The Morgan fingerprint density at radius 1 is 1.23 bits per heavy atom. The maximum Gasteiger partial charge on any atom is 0.193 e. The Morgan fingerprint density at radius 3 is 2.15 bits per heavy atom. The van der Waals surface area contributed by atoms with Gasteiger partial charge in [-0.3, -0.25) is 4.99 Å². The molecule has 0 saturated heterocycles. The summed E-state index contributed by atoms with van der Waals surface area (Å²) in [4.78, 5) is 6.32. The molecule has 0 heterocycles. The molecule has 0 aromatic carbocycles. The van der Waals surface area contributed by atoms with Crippen LogP contribution in [0.3, 0.4) is 0 Å². The van der Waals surface area contributed by atoms with E-state index in [0.29, 0.717) is 5.29 Å². The van der Waals surface area contributed by atoms with Crippen LogP contribution in [0.15, 0.2) is 4.99 Å². The summed E-state index contributed by atoms with van der Waals surface area (Å²) in [5, 5.41) is 0.661. The number of halogens is 2. The Morgan fingerprint density at radius 2 is 1.77 bits per heavy atom. The van der Waals surface area contributed by atoms with E-state index in [1.54, 1.807) is 0 Å². The summed E-state index contributed by atoms with van der Waals surface area (Å²) in [5.74, 6) is 0. The molecule has 0 bridgehead atoms. The lowest BCUT2D eigenvalue weighted by Gasteiger charge is -2.17. The van der Waals surface area contributed by atoms with Gasteiger partial charge < -0.3 is 4.90 Å². The minimum atomic E-state index is 0. The molecule has 0 aliphatic rings. The molecule has 0 rings (SSSR count). The highest BCUT2D eigenvalue weighted by Crippen LogP contribution is 1.98. The minimum Gasteiger partial charge on any atom is -0.348 e. The number of aliphatic imine (C=N–C) groups is 1. The van der Waals surface area contributed by atoms with Crippen molar-refractivity contribution in [2.45, 2.75) is 33.6 Å². The van der Waals surface area contributed by atoms with Crippen molar-refractivity contribution in [2.24, 2.45) is 4.99 Å². The predicted molar refractivity (Wildman–Crippen MR) is 63.2 cm³/mol. The summed E-state index contributed by atoms with van der Waals surface area (Å²) in [6.45, 7) is 9.05. The first-order valence-corrected chi connectivity index (χ1v) is 5.08. The van der Waals surface area contributed by atoms with Gasteiger partial charge in [-0.25, -0.2) is 0 Å². The third kappa shape index (κ3) is 7.15. The van der Waals surface area contributed by atoms with Crippen molar-refractivity contribution in [3.05, 3.63) is 0 Å². The number of unbranched alkanes of at least 4 members (excludes halogenated alkanes) is 1. The average Bonchev–Trinajstić information content (AvgIpc) is 2.07. The zero-order valence-corrected chi connectivity index (χ0v) is 10.3. The molecule has 0 aliphatic heterocycles. The van der Waals surface area contributed by atoms with Crippen LogP contribution < -0.4 is 0 Å². The van der Waals surface area contributed by atoms with E-state index in [4.69, 9.17) is 11.6 Å². The van der Waals surface area contributed by atoms with Crippen molar-refractivity contribution >= 4 is 29.3 Å². The largest absolute Gasteiger partial charge is 0.348 e. The fourth-order valence-electron chi connectivity index (χ4n) is 0.914. The molecule has 4 heteroatoms. The number of amidine groups is 1. The normalized spacial score (nSPS) is 10.9. The Balaban J connectivity index is 0. The lowest BCUT2D eigenvalue weighted by atomic mass is 10.3. The van der Waals surface area contributed by atoms with Crippen LogP contribution in [0.1, 0.15) is 33.6 Å². The fourth-order valence-corrected chi connectivity index (χ4v) is 1.24. The second-order valence-electron chi connectivity index (χ2n) is 2.68. The molecule has 0 unspecified atom stereocenters. The second-order valence-corrected chi connectivity index (χ2v) is 3.01. The highest BCUT2D eigenvalue weighted by molar-refractivity contribution is 6.64. The van der Waals surface area contributed by atoms with Crippen LogP contribution >= 0.6 is 24.0 Å². The summed E-state index contributed by atoms with van der Waals surface area (Å²) >= 11 is 5.96. The van der Waals surface area contributed by atoms with Crippen LogP contribution in [-0.4, -0.2) is 29.8 Å². The molecule has 0 aromatic rings. The Bertz CT molecular complexity index is 134. The molecule has 0 aromatic heterocycles. The van der Waals surface area contributed by atoms with Gasteiger partial charge in [-0.05, 0) is 31.9 Å². The number of nitrogens with zero attached hydrogens (tertiary/aromatic N) is 2. The molecule has 2 nitrogen and oxygen atoms in total. The molecule has 0 aliphatic carbocycles. The van der Waals surface area contributed by atoms with Crippen LogP contribution in [0.5, 0.6) is 0 Å². The summed E-state index contributed by atoms with van der Waals surface area (Å²) in [6.07, 6.45) is 2.30. The van der Waals surface area contributed by atoms with Crippen molar-refractivity contribution < 1.29 is 0 Å². The molecule has 0 amide bonds. The van der Waals surface area contributed by atoms with Gasteiger partial charge in [-0.2, -0.15) is 0 Å². The third-order valence-corrected chi connectivity index (χ3v) is 2.14. The van der Waals surface area contributed by atoms with E-state index >= 15 is 0 Å². The van der Waals surface area contributed by atoms with E-state index in [0.717, 1.165) is 26.1 Å². The molecular weight excluding hydrogens is 207 g/mol. The van der Waals surface area contributed by atoms with Gasteiger partial charge >= 0.3 is 0 Å². The van der Waals surface area contributed by atoms with Crippen molar-refractivity contribution in [1.29, 1.82) is 0 Å². The van der Waals surface area contributed by atoms with Crippen LogP contribution in [0.25, 0.3) is 0 Å². The van der Waals surface area contributed by atoms with Crippen molar-refractivity contribution in [1.82, 2.24) is 4.90 Å². The lowest BCUT2D eigenvalue weighted by molar-refractivity contribution is 0.471. The van der Waals surface area contributed by atoms with Gasteiger partial charge in [0.15, 0.2) is 5.29 Å². The molecule has 0 fully saturated rings. The standard InChI is InChI=1S/C9H19ClN2.ClH/c1-4-7-8-11-9(10)12(5-2)6-3;/h4-8H2,1-3H3;1H. The highest BCUT2D eigenvalue weighted by atomic mass is 35.5. The zero-order valence-electron chi connectivity index (χ0n) is 8.72. The molecule has 0 radical (unpaired) electrons. The predicted octanol–water partition coefficient (Wildman–Crippen LogP) is 3.14. The summed E-state index contributed by atoms with van der Waals surface area (Å²) in [5.41, 5.74) is 0. The van der Waals surface area contributed by atoms with Crippen molar-refractivity contribution in [3.8, 4) is 0 Å². The van der Waals surface area contributed by atoms with Gasteiger partial charge in [0.2, 0.25) is 0 Å². The van der Waals surface area contributed by atoms with E-state index in [-0.39, 0.29) is 12.4 Å². The average molecular weight is 227 g/mol. The molecule has 0 atom stereocenters. The Hall–Kier alpha value is 0.0500. The van der Waals surface area contributed by atoms with Crippen LogP contribution in [-0.2, 0) is 0 Å². The van der Waals surface area contributed by atoms with Gasteiger partial charge in [0, 0.05) is 19.6 Å². The molecule has 0 spiro atoms. The highest BCUT2D eigenvalue weighted by Gasteiger charge is 2.01. The monoisotopic (exact) mass is 226 g/mol. The van der Waals surface area contributed by atoms with Crippen molar-refractivity contribution in [3.63, 3.8) is 0 Å². The first-order valence-electron chi connectivity index (χ1n) is 4.71. The van der Waals surface area contributed by atoms with E-state index in [1.165, 1.54) is 6.42 Å². The quantitative estimate of drug-likeness (QED) is 0.305. The van der Waals surface area contributed by atoms with Crippen LogP contribution in [0.2, 0.25) is 0 Å². The number of hydrogen-bond acceptors (Lipinski definition) is 1. The number of rotatable bonds is 5. The van der Waals surface area contributed by atoms with Crippen LogP contribution in [0.4, 0.5) is 0 Å². The molecular formula is C9H20Cl2N2. The van der Waals surface area contributed by atoms with E-state index < -0.39 is 0 Å². The van der Waals surface area contributed by atoms with Gasteiger partial charge in [0.25, 0.3) is 0 Å². The summed E-state index contributed by atoms with van der Waals surface area (Å²) in [6, 6.07) is 0. The smallest absolute Gasteiger partial charge is 0.193 e. The Kier molecular flexibility index (Phi) is 12.1. The van der Waals surface area contributed by atoms with Gasteiger partial charge in [-0.15, -0.1) is 12.4 Å². The Labute approximate surface area is 92.8 Å². The minimum absolute atomic E-state index is 0. The zero-order chi connectivity index (χ0) is 9.40. The maximum atomic E-state index is 5.96. The number of hydrogen-bond donors (Lipinski definition) is 0. The third-order valence-electron chi connectivity index (χ3n) is 1.78. The summed E-state index contributed by atoms with van der Waals surface area (Å²) < 4.78 is 0. The van der Waals surface area contributed by atoms with Gasteiger partial charge in [0.05, 0.1) is 0 Å². The van der Waals surface area contributed by atoms with Gasteiger partial charge in [-0.1, -0.05) is 13.3 Å². The summed E-state index contributed by atoms with van der Waals surface area (Å²) in [7, 11) is 0. The first-order chi connectivity index (χ1) is 5.76. The maximum absolute atomic E-state index is 5.96. The van der Waals surface area contributed by atoms with Gasteiger partial charge in [0.1, 0.15) is 0 Å².